The first-order valence-electron chi connectivity index (χ1n) is 5.97. The fourth-order valence-electron chi connectivity index (χ4n) is 0.974. The Hall–Kier alpha value is -1.28. The van der Waals surface area contributed by atoms with E-state index in [4.69, 9.17) is 9.47 Å². The third-order valence-corrected chi connectivity index (χ3v) is 2.52. The molecule has 0 aromatic rings. The van der Waals surface area contributed by atoms with Gasteiger partial charge in [-0.15, -0.1) is 0 Å². The Kier molecular flexibility index (Phi) is 6.31. The predicted molar refractivity (Wildman–Crippen MR) is 68.4 cm³/mol. The van der Waals surface area contributed by atoms with Gasteiger partial charge >= 0.3 is 0 Å². The molecule has 0 aliphatic rings. The number of rotatable bonds is 9. The zero-order valence-corrected chi connectivity index (χ0v) is 12.0. The minimum Gasteiger partial charge on any atom is -0.371 e. The van der Waals surface area contributed by atoms with Gasteiger partial charge in [0.1, 0.15) is 13.2 Å². The molecule has 112 valence electrons. The van der Waals surface area contributed by atoms with Crippen LogP contribution in [-0.4, -0.2) is 46.8 Å². The maximum absolute atomic E-state index is 10.7. The van der Waals surface area contributed by atoms with Crippen molar-refractivity contribution in [3.63, 3.8) is 0 Å². The number of hydrogen-bond acceptors (Lipinski definition) is 6. The average Bonchev–Trinajstić information content (AvgIpc) is 2.25. The van der Waals surface area contributed by atoms with Crippen LogP contribution in [0, 0.1) is 20.2 Å². The molecular formula is C11H22N2O6. The van der Waals surface area contributed by atoms with Gasteiger partial charge in [0.2, 0.25) is 11.1 Å². The summed E-state index contributed by atoms with van der Waals surface area (Å²) in [4.78, 5) is 20.5. The highest BCUT2D eigenvalue weighted by molar-refractivity contribution is 4.68. The highest BCUT2D eigenvalue weighted by Crippen LogP contribution is 2.11. The summed E-state index contributed by atoms with van der Waals surface area (Å²) in [6, 6.07) is 0. The molecule has 0 amide bonds. The fourth-order valence-corrected chi connectivity index (χ4v) is 0.974. The van der Waals surface area contributed by atoms with Crippen molar-refractivity contribution in [1.29, 1.82) is 0 Å². The van der Waals surface area contributed by atoms with Crippen LogP contribution in [0.1, 0.15) is 34.6 Å². The standard InChI is InChI=1S/C11H22N2O6/c1-9(19-8-11(4,5)13(16)17)6-18-7-10(2,3)12(14)15/h9H,6-8H2,1-5H3. The van der Waals surface area contributed by atoms with Gasteiger partial charge in [0.05, 0.1) is 12.7 Å². The van der Waals surface area contributed by atoms with Crippen molar-refractivity contribution in [1.82, 2.24) is 0 Å². The maximum Gasteiger partial charge on any atom is 0.239 e. The molecule has 0 bridgehead atoms. The van der Waals surface area contributed by atoms with E-state index in [1.807, 2.05) is 0 Å². The number of nitro groups is 2. The molecule has 1 atom stereocenters. The quantitative estimate of drug-likeness (QED) is 0.467. The Morgan fingerprint density at radius 2 is 1.42 bits per heavy atom. The summed E-state index contributed by atoms with van der Waals surface area (Å²) in [5, 5.41) is 21.3. The summed E-state index contributed by atoms with van der Waals surface area (Å²) in [5.74, 6) is 0. The Labute approximate surface area is 112 Å². The van der Waals surface area contributed by atoms with Gasteiger partial charge in [-0.1, -0.05) is 0 Å². The molecule has 0 radical (unpaired) electrons. The monoisotopic (exact) mass is 278 g/mol. The van der Waals surface area contributed by atoms with Gasteiger partial charge in [0.15, 0.2) is 0 Å². The van der Waals surface area contributed by atoms with Crippen molar-refractivity contribution >= 4 is 0 Å². The molecule has 0 aromatic carbocycles. The van der Waals surface area contributed by atoms with E-state index in [2.05, 4.69) is 0 Å². The van der Waals surface area contributed by atoms with Crippen LogP contribution in [0.3, 0.4) is 0 Å². The largest absolute Gasteiger partial charge is 0.371 e. The summed E-state index contributed by atoms with van der Waals surface area (Å²) in [6.07, 6.45) is -0.359. The van der Waals surface area contributed by atoms with E-state index in [1.165, 1.54) is 27.7 Å². The van der Waals surface area contributed by atoms with Crippen LogP contribution in [0.5, 0.6) is 0 Å². The van der Waals surface area contributed by atoms with Gasteiger partial charge in [-0.25, -0.2) is 0 Å². The van der Waals surface area contributed by atoms with Crippen LogP contribution in [0.25, 0.3) is 0 Å². The average molecular weight is 278 g/mol. The maximum atomic E-state index is 10.7. The van der Waals surface area contributed by atoms with Crippen LogP contribution in [0.4, 0.5) is 0 Å². The Bertz CT molecular complexity index is 329. The molecule has 0 aliphatic carbocycles. The molecule has 0 saturated heterocycles. The summed E-state index contributed by atoms with van der Waals surface area (Å²) < 4.78 is 10.5. The first-order chi connectivity index (χ1) is 8.49. The number of ether oxygens (including phenoxy) is 2. The van der Waals surface area contributed by atoms with Gasteiger partial charge in [0.25, 0.3) is 0 Å². The third-order valence-electron chi connectivity index (χ3n) is 2.52. The zero-order chi connectivity index (χ0) is 15.3. The van der Waals surface area contributed by atoms with E-state index >= 15 is 0 Å². The lowest BCUT2D eigenvalue weighted by Gasteiger charge is -2.21. The highest BCUT2D eigenvalue weighted by Gasteiger charge is 2.33. The summed E-state index contributed by atoms with van der Waals surface area (Å²) in [5.41, 5.74) is -2.31. The lowest BCUT2D eigenvalue weighted by molar-refractivity contribution is -0.566. The lowest BCUT2D eigenvalue weighted by Crippen LogP contribution is -2.39. The van der Waals surface area contributed by atoms with Crippen LogP contribution in [-0.2, 0) is 9.47 Å². The second kappa shape index (κ2) is 6.76. The van der Waals surface area contributed by atoms with Gasteiger partial charge in [-0.3, -0.25) is 20.2 Å². The molecule has 0 spiro atoms. The van der Waals surface area contributed by atoms with Crippen LogP contribution < -0.4 is 0 Å². The number of hydrogen-bond donors (Lipinski definition) is 0. The van der Waals surface area contributed by atoms with E-state index < -0.39 is 20.9 Å². The van der Waals surface area contributed by atoms with Crippen molar-refractivity contribution in [2.45, 2.75) is 51.8 Å². The van der Waals surface area contributed by atoms with Crippen LogP contribution >= 0.6 is 0 Å². The zero-order valence-electron chi connectivity index (χ0n) is 12.0. The third kappa shape index (κ3) is 6.44. The minimum absolute atomic E-state index is 0.0354. The summed E-state index contributed by atoms with van der Waals surface area (Å²) >= 11 is 0. The van der Waals surface area contributed by atoms with Gasteiger partial charge in [0, 0.05) is 37.5 Å². The summed E-state index contributed by atoms with van der Waals surface area (Å²) in [7, 11) is 0. The van der Waals surface area contributed by atoms with Crippen molar-refractivity contribution in [3.05, 3.63) is 20.2 Å². The number of nitrogens with zero attached hydrogens (tertiary/aromatic N) is 2. The van der Waals surface area contributed by atoms with Crippen molar-refractivity contribution in [2.75, 3.05) is 19.8 Å². The normalized spacial score (nSPS) is 14.2. The highest BCUT2D eigenvalue weighted by atomic mass is 16.6. The molecule has 0 rings (SSSR count). The fraction of sp³-hybridized carbons (Fsp3) is 1.00. The van der Waals surface area contributed by atoms with E-state index in [0.717, 1.165) is 0 Å². The predicted octanol–water partition coefficient (Wildman–Crippen LogP) is 1.52. The lowest BCUT2D eigenvalue weighted by atomic mass is 10.1. The molecule has 19 heavy (non-hydrogen) atoms. The molecule has 0 fully saturated rings. The van der Waals surface area contributed by atoms with E-state index in [-0.39, 0.29) is 25.9 Å². The molecule has 0 saturated carbocycles. The molecule has 0 aliphatic heterocycles. The smallest absolute Gasteiger partial charge is 0.239 e. The first-order valence-corrected chi connectivity index (χ1v) is 5.97. The molecular weight excluding hydrogens is 256 g/mol. The molecule has 0 aromatic heterocycles. The van der Waals surface area contributed by atoms with E-state index in [0.29, 0.717) is 0 Å². The first kappa shape index (κ1) is 17.7. The van der Waals surface area contributed by atoms with Gasteiger partial charge in [-0.2, -0.15) is 0 Å². The minimum atomic E-state index is -1.16. The molecule has 1 unspecified atom stereocenters. The van der Waals surface area contributed by atoms with Crippen LogP contribution in [0.2, 0.25) is 0 Å². The molecule has 8 heteroatoms. The Balaban J connectivity index is 3.98. The van der Waals surface area contributed by atoms with Crippen molar-refractivity contribution in [3.8, 4) is 0 Å². The van der Waals surface area contributed by atoms with E-state index in [1.54, 1.807) is 6.92 Å². The molecule has 0 heterocycles. The Morgan fingerprint density at radius 3 is 1.84 bits per heavy atom. The SMILES string of the molecule is CC(COCC(C)(C)[N+](=O)[O-])OCC(C)(C)[N+](=O)[O-]. The van der Waals surface area contributed by atoms with Gasteiger partial charge < -0.3 is 9.47 Å². The van der Waals surface area contributed by atoms with Gasteiger partial charge in [-0.05, 0) is 6.92 Å². The molecule has 0 N–H and O–H groups in total. The Morgan fingerprint density at radius 1 is 1.00 bits per heavy atom. The topological polar surface area (TPSA) is 105 Å². The van der Waals surface area contributed by atoms with E-state index in [9.17, 15) is 20.2 Å². The van der Waals surface area contributed by atoms with Crippen LogP contribution in [0.15, 0.2) is 0 Å². The summed E-state index contributed by atoms with van der Waals surface area (Å²) in [6.45, 7) is 7.66. The second-order valence-electron chi connectivity index (χ2n) is 5.78. The molecule has 8 nitrogen and oxygen atoms in total. The second-order valence-corrected chi connectivity index (χ2v) is 5.78. The van der Waals surface area contributed by atoms with Crippen molar-refractivity contribution in [2.24, 2.45) is 0 Å². The van der Waals surface area contributed by atoms with Crippen molar-refractivity contribution < 1.29 is 19.3 Å².